The minimum Gasteiger partial charge on any atom is -0.469 e. The van der Waals surface area contributed by atoms with E-state index < -0.39 is 0 Å². The second-order valence-electron chi connectivity index (χ2n) is 5.94. The highest BCUT2D eigenvalue weighted by Crippen LogP contribution is 2.22. The normalized spacial score (nSPS) is 24.3. The molecule has 3 rings (SSSR count). The van der Waals surface area contributed by atoms with Gasteiger partial charge in [0, 0.05) is 38.2 Å². The van der Waals surface area contributed by atoms with Crippen molar-refractivity contribution in [1.29, 1.82) is 0 Å². The zero-order valence-corrected chi connectivity index (χ0v) is 13.0. The number of morpholine rings is 1. The predicted molar refractivity (Wildman–Crippen MR) is 80.9 cm³/mol. The summed E-state index contributed by atoms with van der Waals surface area (Å²) in [7, 11) is 0. The van der Waals surface area contributed by atoms with Crippen LogP contribution >= 0.6 is 0 Å². The molecule has 2 atom stereocenters. The first kappa shape index (κ1) is 15.5. The molecule has 1 aromatic heterocycles. The van der Waals surface area contributed by atoms with Crippen LogP contribution in [0.25, 0.3) is 0 Å². The highest BCUT2D eigenvalue weighted by atomic mass is 16.5. The average Bonchev–Trinajstić information content (AvgIpc) is 3.20. The third-order valence-corrected chi connectivity index (χ3v) is 4.60. The zero-order valence-electron chi connectivity index (χ0n) is 13.0. The Morgan fingerprint density at radius 2 is 2.18 bits per heavy atom. The van der Waals surface area contributed by atoms with Crippen molar-refractivity contribution in [2.24, 2.45) is 5.92 Å². The van der Waals surface area contributed by atoms with Gasteiger partial charge in [0.25, 0.3) is 5.91 Å². The number of hydrogen-bond acceptors (Lipinski definition) is 5. The number of hydrogen-bond donors (Lipinski definition) is 1. The summed E-state index contributed by atoms with van der Waals surface area (Å²) < 4.78 is 16.2. The maximum atomic E-state index is 12.3. The van der Waals surface area contributed by atoms with Gasteiger partial charge >= 0.3 is 0 Å². The van der Waals surface area contributed by atoms with E-state index in [1.165, 1.54) is 0 Å². The maximum Gasteiger partial charge on any atom is 0.254 e. The molecule has 2 aliphatic heterocycles. The number of furan rings is 1. The van der Waals surface area contributed by atoms with Crippen LogP contribution in [-0.2, 0) is 9.47 Å². The number of carbonyl (C=O) groups is 1. The number of carbonyl (C=O) groups excluding carboxylic acids is 1. The summed E-state index contributed by atoms with van der Waals surface area (Å²) in [5.74, 6) is 1.07. The van der Waals surface area contributed by atoms with Crippen LogP contribution in [0.2, 0.25) is 0 Å². The Labute approximate surface area is 130 Å². The standard InChI is InChI=1S/C16H24N2O4/c1-12-14(3-7-22-12)16(19)17-10-15(13-2-6-21-11-13)18-4-8-20-9-5-18/h3,7,13,15H,2,4-6,8-11H2,1H3,(H,17,19)/t13-,15-/m1/s1. The van der Waals surface area contributed by atoms with Crippen LogP contribution in [0.5, 0.6) is 0 Å². The van der Waals surface area contributed by atoms with Gasteiger partial charge in [-0.25, -0.2) is 0 Å². The molecule has 1 N–H and O–H groups in total. The molecular weight excluding hydrogens is 284 g/mol. The zero-order chi connectivity index (χ0) is 15.4. The van der Waals surface area contributed by atoms with Crippen LogP contribution in [0, 0.1) is 12.8 Å². The van der Waals surface area contributed by atoms with Gasteiger partial charge in [0.05, 0.1) is 31.6 Å². The van der Waals surface area contributed by atoms with E-state index in [9.17, 15) is 4.79 Å². The van der Waals surface area contributed by atoms with Gasteiger partial charge in [0.15, 0.2) is 0 Å². The number of nitrogens with zero attached hydrogens (tertiary/aromatic N) is 1. The van der Waals surface area contributed by atoms with Gasteiger partial charge in [-0.3, -0.25) is 9.69 Å². The van der Waals surface area contributed by atoms with Crippen molar-refractivity contribution < 1.29 is 18.7 Å². The average molecular weight is 308 g/mol. The lowest BCUT2D eigenvalue weighted by molar-refractivity contribution is 0.00166. The molecule has 2 saturated heterocycles. The molecule has 6 heteroatoms. The van der Waals surface area contributed by atoms with E-state index >= 15 is 0 Å². The fraction of sp³-hybridized carbons (Fsp3) is 0.688. The topological polar surface area (TPSA) is 63.9 Å². The largest absolute Gasteiger partial charge is 0.469 e. The summed E-state index contributed by atoms with van der Waals surface area (Å²) in [4.78, 5) is 14.7. The van der Waals surface area contributed by atoms with Crippen molar-refractivity contribution >= 4 is 5.91 Å². The molecule has 0 radical (unpaired) electrons. The van der Waals surface area contributed by atoms with Crippen molar-refractivity contribution in [2.45, 2.75) is 19.4 Å². The second-order valence-corrected chi connectivity index (χ2v) is 5.94. The number of nitrogens with one attached hydrogen (secondary N) is 1. The van der Waals surface area contributed by atoms with Crippen LogP contribution < -0.4 is 5.32 Å². The van der Waals surface area contributed by atoms with E-state index in [1.807, 2.05) is 0 Å². The first-order valence-electron chi connectivity index (χ1n) is 7.97. The fourth-order valence-electron chi connectivity index (χ4n) is 3.27. The quantitative estimate of drug-likeness (QED) is 0.881. The summed E-state index contributed by atoms with van der Waals surface area (Å²) >= 11 is 0. The van der Waals surface area contributed by atoms with E-state index in [2.05, 4.69) is 10.2 Å². The van der Waals surface area contributed by atoms with Gasteiger partial charge < -0.3 is 19.2 Å². The van der Waals surface area contributed by atoms with E-state index in [0.717, 1.165) is 45.9 Å². The molecule has 3 heterocycles. The molecule has 122 valence electrons. The second kappa shape index (κ2) is 7.26. The van der Waals surface area contributed by atoms with E-state index in [-0.39, 0.29) is 5.91 Å². The minimum atomic E-state index is -0.0663. The first-order chi connectivity index (χ1) is 10.8. The Kier molecular flexibility index (Phi) is 5.12. The van der Waals surface area contributed by atoms with Gasteiger partial charge in [0.1, 0.15) is 5.76 Å². The highest BCUT2D eigenvalue weighted by Gasteiger charge is 2.31. The Balaban J connectivity index is 1.62. The summed E-state index contributed by atoms with van der Waals surface area (Å²) in [6.45, 7) is 7.40. The molecule has 0 spiro atoms. The van der Waals surface area contributed by atoms with Gasteiger partial charge in [-0.05, 0) is 19.4 Å². The minimum absolute atomic E-state index is 0.0663. The number of rotatable bonds is 5. The maximum absolute atomic E-state index is 12.3. The van der Waals surface area contributed by atoms with E-state index in [4.69, 9.17) is 13.9 Å². The lowest BCUT2D eigenvalue weighted by atomic mass is 9.96. The first-order valence-corrected chi connectivity index (χ1v) is 7.97. The Hall–Kier alpha value is -1.37. The lowest BCUT2D eigenvalue weighted by Gasteiger charge is -2.37. The molecule has 2 aliphatic rings. The molecule has 1 aromatic rings. The Morgan fingerprint density at radius 3 is 2.82 bits per heavy atom. The van der Waals surface area contributed by atoms with Crippen molar-refractivity contribution in [2.75, 3.05) is 46.1 Å². The molecule has 6 nitrogen and oxygen atoms in total. The summed E-state index contributed by atoms with van der Waals surface area (Å²) in [5, 5.41) is 3.06. The fourth-order valence-corrected chi connectivity index (χ4v) is 3.27. The molecule has 0 bridgehead atoms. The molecule has 0 aromatic carbocycles. The van der Waals surface area contributed by atoms with Gasteiger partial charge in [-0.15, -0.1) is 0 Å². The van der Waals surface area contributed by atoms with Crippen LogP contribution in [0.3, 0.4) is 0 Å². The highest BCUT2D eigenvalue weighted by molar-refractivity contribution is 5.95. The van der Waals surface area contributed by atoms with Crippen LogP contribution in [0.1, 0.15) is 22.5 Å². The monoisotopic (exact) mass is 308 g/mol. The van der Waals surface area contributed by atoms with Gasteiger partial charge in [-0.2, -0.15) is 0 Å². The molecular formula is C16H24N2O4. The number of ether oxygens (including phenoxy) is 2. The summed E-state index contributed by atoms with van der Waals surface area (Å²) in [5.41, 5.74) is 0.614. The van der Waals surface area contributed by atoms with Crippen molar-refractivity contribution in [1.82, 2.24) is 10.2 Å². The molecule has 22 heavy (non-hydrogen) atoms. The predicted octanol–water partition coefficient (Wildman–Crippen LogP) is 1.06. The van der Waals surface area contributed by atoms with Gasteiger partial charge in [0.2, 0.25) is 0 Å². The van der Waals surface area contributed by atoms with Crippen LogP contribution in [-0.4, -0.2) is 62.9 Å². The van der Waals surface area contributed by atoms with Crippen molar-refractivity contribution in [3.63, 3.8) is 0 Å². The number of aryl methyl sites for hydroxylation is 1. The van der Waals surface area contributed by atoms with E-state index in [1.54, 1.807) is 19.3 Å². The smallest absolute Gasteiger partial charge is 0.254 e. The molecule has 0 aliphatic carbocycles. The third kappa shape index (κ3) is 3.51. The summed E-state index contributed by atoms with van der Waals surface area (Å²) in [6, 6.07) is 2.02. The molecule has 0 saturated carbocycles. The Morgan fingerprint density at radius 1 is 1.36 bits per heavy atom. The lowest BCUT2D eigenvalue weighted by Crippen LogP contribution is -2.52. The van der Waals surface area contributed by atoms with Crippen molar-refractivity contribution in [3.05, 3.63) is 23.7 Å². The molecule has 0 unspecified atom stereocenters. The van der Waals surface area contributed by atoms with Crippen LogP contribution in [0.15, 0.2) is 16.7 Å². The van der Waals surface area contributed by atoms with Crippen LogP contribution in [0.4, 0.5) is 0 Å². The van der Waals surface area contributed by atoms with Crippen molar-refractivity contribution in [3.8, 4) is 0 Å². The van der Waals surface area contributed by atoms with Gasteiger partial charge in [-0.1, -0.05) is 0 Å². The van der Waals surface area contributed by atoms with E-state index in [0.29, 0.717) is 29.8 Å². The Bertz CT molecular complexity index is 490. The SMILES string of the molecule is Cc1occc1C(=O)NC[C@H]([C@@H]1CCOC1)N1CCOCC1. The summed E-state index contributed by atoms with van der Waals surface area (Å²) in [6.07, 6.45) is 2.61. The third-order valence-electron chi connectivity index (χ3n) is 4.60. The molecule has 2 fully saturated rings. The molecule has 1 amide bonds. The number of amides is 1.